The first-order valence-electron chi connectivity index (χ1n) is 6.43. The van der Waals surface area contributed by atoms with E-state index in [0.717, 1.165) is 43.0 Å². The second kappa shape index (κ2) is 5.21. The first kappa shape index (κ1) is 11.9. The lowest BCUT2D eigenvalue weighted by Crippen LogP contribution is -2.46. The Balaban J connectivity index is 1.77. The summed E-state index contributed by atoms with van der Waals surface area (Å²) in [7, 11) is 0. The highest BCUT2D eigenvalue weighted by molar-refractivity contribution is 5.75. The molecule has 1 aliphatic heterocycles. The molecule has 3 rings (SSSR count). The molecule has 0 saturated carbocycles. The molecule has 0 unspecified atom stereocenters. The third-order valence-corrected chi connectivity index (χ3v) is 3.43. The Hall–Kier alpha value is -2.19. The SMILES string of the molecule is N#CCN1CCN(c2cnc3ccccc3n2)CC1. The van der Waals surface area contributed by atoms with Crippen LogP contribution in [0.4, 0.5) is 5.82 Å². The molecule has 1 aromatic carbocycles. The van der Waals surface area contributed by atoms with E-state index in [0.29, 0.717) is 6.54 Å². The molecule has 5 heteroatoms. The van der Waals surface area contributed by atoms with E-state index in [1.165, 1.54) is 0 Å². The summed E-state index contributed by atoms with van der Waals surface area (Å²) in [5.74, 6) is 0.926. The van der Waals surface area contributed by atoms with Crippen molar-refractivity contribution in [3.05, 3.63) is 30.5 Å². The van der Waals surface area contributed by atoms with Crippen LogP contribution in [0.3, 0.4) is 0 Å². The van der Waals surface area contributed by atoms with E-state index in [4.69, 9.17) is 5.26 Å². The summed E-state index contributed by atoms with van der Waals surface area (Å²) >= 11 is 0. The molecule has 1 aromatic heterocycles. The first-order valence-corrected chi connectivity index (χ1v) is 6.43. The molecule has 0 radical (unpaired) electrons. The molecule has 5 nitrogen and oxygen atoms in total. The maximum Gasteiger partial charge on any atom is 0.147 e. The van der Waals surface area contributed by atoms with Crippen LogP contribution in [-0.2, 0) is 0 Å². The van der Waals surface area contributed by atoms with E-state index >= 15 is 0 Å². The van der Waals surface area contributed by atoms with Crippen molar-refractivity contribution in [3.63, 3.8) is 0 Å². The van der Waals surface area contributed by atoms with Crippen LogP contribution in [0.15, 0.2) is 30.5 Å². The van der Waals surface area contributed by atoms with Crippen molar-refractivity contribution in [1.82, 2.24) is 14.9 Å². The number of fused-ring (bicyclic) bond motifs is 1. The van der Waals surface area contributed by atoms with Gasteiger partial charge in [-0.25, -0.2) is 4.98 Å². The zero-order valence-electron chi connectivity index (χ0n) is 10.7. The van der Waals surface area contributed by atoms with Crippen molar-refractivity contribution >= 4 is 16.9 Å². The smallest absolute Gasteiger partial charge is 0.147 e. The molecule has 0 atom stereocenters. The second-order valence-electron chi connectivity index (χ2n) is 4.64. The van der Waals surface area contributed by atoms with E-state index in [-0.39, 0.29) is 0 Å². The van der Waals surface area contributed by atoms with Gasteiger partial charge < -0.3 is 4.90 Å². The van der Waals surface area contributed by atoms with Gasteiger partial charge in [0.15, 0.2) is 0 Å². The topological polar surface area (TPSA) is 56.1 Å². The lowest BCUT2D eigenvalue weighted by atomic mass is 10.3. The Morgan fingerprint density at radius 2 is 1.84 bits per heavy atom. The van der Waals surface area contributed by atoms with Crippen LogP contribution in [0.5, 0.6) is 0 Å². The minimum atomic E-state index is 0.511. The molecule has 19 heavy (non-hydrogen) atoms. The molecule has 2 aromatic rings. The van der Waals surface area contributed by atoms with Crippen molar-refractivity contribution < 1.29 is 0 Å². The normalized spacial score (nSPS) is 16.5. The minimum absolute atomic E-state index is 0.511. The maximum absolute atomic E-state index is 8.69. The van der Waals surface area contributed by atoms with Crippen LogP contribution in [0.25, 0.3) is 11.0 Å². The summed E-state index contributed by atoms with van der Waals surface area (Å²) < 4.78 is 0. The quantitative estimate of drug-likeness (QED) is 0.754. The van der Waals surface area contributed by atoms with E-state index < -0.39 is 0 Å². The Morgan fingerprint density at radius 3 is 2.58 bits per heavy atom. The molecular formula is C14H15N5. The van der Waals surface area contributed by atoms with Crippen LogP contribution in [-0.4, -0.2) is 47.6 Å². The van der Waals surface area contributed by atoms with Crippen molar-refractivity contribution in [2.75, 3.05) is 37.6 Å². The Morgan fingerprint density at radius 1 is 1.11 bits per heavy atom. The lowest BCUT2D eigenvalue weighted by molar-refractivity contribution is 0.286. The molecule has 1 saturated heterocycles. The van der Waals surface area contributed by atoms with E-state index in [1.807, 2.05) is 30.5 Å². The third-order valence-electron chi connectivity index (χ3n) is 3.43. The molecule has 0 spiro atoms. The number of hydrogen-bond donors (Lipinski definition) is 0. The summed E-state index contributed by atoms with van der Waals surface area (Å²) in [4.78, 5) is 13.5. The fraction of sp³-hybridized carbons (Fsp3) is 0.357. The number of rotatable bonds is 2. The van der Waals surface area contributed by atoms with Crippen LogP contribution < -0.4 is 4.90 Å². The summed E-state index contributed by atoms with van der Waals surface area (Å²) in [6.07, 6.45) is 1.84. The average Bonchev–Trinajstić information content (AvgIpc) is 2.48. The highest BCUT2D eigenvalue weighted by atomic mass is 15.3. The number of nitriles is 1. The van der Waals surface area contributed by atoms with Gasteiger partial charge in [-0.15, -0.1) is 0 Å². The third kappa shape index (κ3) is 2.49. The van der Waals surface area contributed by atoms with Gasteiger partial charge in [-0.05, 0) is 12.1 Å². The minimum Gasteiger partial charge on any atom is -0.353 e. The fourth-order valence-electron chi connectivity index (χ4n) is 2.33. The summed E-state index contributed by atoms with van der Waals surface area (Å²) in [6, 6.07) is 10.1. The van der Waals surface area contributed by atoms with Gasteiger partial charge in [0, 0.05) is 26.2 Å². The molecule has 1 aliphatic rings. The number of anilines is 1. The molecule has 0 aliphatic carbocycles. The predicted octanol–water partition coefficient (Wildman–Crippen LogP) is 1.28. The zero-order chi connectivity index (χ0) is 13.1. The van der Waals surface area contributed by atoms with E-state index in [2.05, 4.69) is 25.8 Å². The monoisotopic (exact) mass is 253 g/mol. The van der Waals surface area contributed by atoms with Crippen molar-refractivity contribution in [1.29, 1.82) is 5.26 Å². The average molecular weight is 253 g/mol. The zero-order valence-corrected chi connectivity index (χ0v) is 10.7. The van der Waals surface area contributed by atoms with Crippen LogP contribution in [0.1, 0.15) is 0 Å². The number of benzene rings is 1. The fourth-order valence-corrected chi connectivity index (χ4v) is 2.33. The van der Waals surface area contributed by atoms with Crippen LogP contribution >= 0.6 is 0 Å². The number of para-hydroxylation sites is 2. The van der Waals surface area contributed by atoms with Gasteiger partial charge in [0.2, 0.25) is 0 Å². The molecule has 0 bridgehead atoms. The van der Waals surface area contributed by atoms with Crippen LogP contribution in [0.2, 0.25) is 0 Å². The summed E-state index contributed by atoms with van der Waals surface area (Å²) in [6.45, 7) is 4.12. The van der Waals surface area contributed by atoms with Gasteiger partial charge in [0.25, 0.3) is 0 Å². The van der Waals surface area contributed by atoms with E-state index in [1.54, 1.807) is 0 Å². The van der Waals surface area contributed by atoms with Gasteiger partial charge in [-0.1, -0.05) is 12.1 Å². The highest BCUT2D eigenvalue weighted by Crippen LogP contribution is 2.16. The molecule has 96 valence electrons. The maximum atomic E-state index is 8.69. The molecule has 0 N–H and O–H groups in total. The Bertz CT molecular complexity index is 611. The Kier molecular flexibility index (Phi) is 3.25. The van der Waals surface area contributed by atoms with Gasteiger partial charge in [-0.3, -0.25) is 9.88 Å². The standard InChI is InChI=1S/C14H15N5/c15-5-6-18-7-9-19(10-8-18)14-11-16-12-3-1-2-4-13(12)17-14/h1-4,11H,6-10H2. The van der Waals surface area contributed by atoms with Gasteiger partial charge >= 0.3 is 0 Å². The van der Waals surface area contributed by atoms with Gasteiger partial charge in [0.1, 0.15) is 5.82 Å². The molecular weight excluding hydrogens is 238 g/mol. The second-order valence-corrected chi connectivity index (χ2v) is 4.64. The molecule has 2 heterocycles. The Labute approximate surface area is 112 Å². The largest absolute Gasteiger partial charge is 0.353 e. The van der Waals surface area contributed by atoms with Gasteiger partial charge in [-0.2, -0.15) is 5.26 Å². The summed E-state index contributed by atoms with van der Waals surface area (Å²) in [5, 5.41) is 8.69. The lowest BCUT2D eigenvalue weighted by Gasteiger charge is -2.33. The van der Waals surface area contributed by atoms with Crippen molar-refractivity contribution in [3.8, 4) is 6.07 Å². The first-order chi connectivity index (χ1) is 9.36. The highest BCUT2D eigenvalue weighted by Gasteiger charge is 2.17. The van der Waals surface area contributed by atoms with E-state index in [9.17, 15) is 0 Å². The van der Waals surface area contributed by atoms with Gasteiger partial charge in [0.05, 0.1) is 29.8 Å². The summed E-state index contributed by atoms with van der Waals surface area (Å²) in [5.41, 5.74) is 1.86. The number of piperazine rings is 1. The number of aromatic nitrogens is 2. The number of nitrogens with zero attached hydrogens (tertiary/aromatic N) is 5. The van der Waals surface area contributed by atoms with Crippen molar-refractivity contribution in [2.45, 2.75) is 0 Å². The molecule has 0 amide bonds. The molecule has 1 fully saturated rings. The van der Waals surface area contributed by atoms with Crippen molar-refractivity contribution in [2.24, 2.45) is 0 Å². The number of hydrogen-bond acceptors (Lipinski definition) is 5. The van der Waals surface area contributed by atoms with Crippen LogP contribution in [0, 0.1) is 11.3 Å². The predicted molar refractivity (Wildman–Crippen MR) is 73.8 cm³/mol.